The molecule has 2 aromatic rings. The molecule has 150 valence electrons. The van der Waals surface area contributed by atoms with Crippen molar-refractivity contribution in [3.05, 3.63) is 63.2 Å². The number of rotatable bonds is 5. The van der Waals surface area contributed by atoms with E-state index in [9.17, 15) is 23.6 Å². The first-order valence-electron chi connectivity index (χ1n) is 8.84. The largest absolute Gasteiger partial charge is 0.388 e. The van der Waals surface area contributed by atoms with Gasteiger partial charge < -0.3 is 10.0 Å². The molecule has 0 spiro atoms. The number of para-hydroxylation sites is 1. The zero-order chi connectivity index (χ0) is 20.5. The van der Waals surface area contributed by atoms with Gasteiger partial charge in [0.1, 0.15) is 10.6 Å². The zero-order valence-electron chi connectivity index (χ0n) is 15.3. The van der Waals surface area contributed by atoms with Crippen LogP contribution in [0.3, 0.4) is 0 Å². The van der Waals surface area contributed by atoms with E-state index in [-0.39, 0.29) is 16.5 Å². The Kier molecular flexibility index (Phi) is 5.92. The lowest BCUT2D eigenvalue weighted by atomic mass is 9.87. The molecule has 1 atom stereocenters. The highest BCUT2D eigenvalue weighted by Crippen LogP contribution is 2.38. The van der Waals surface area contributed by atoms with E-state index in [1.165, 1.54) is 12.1 Å². The van der Waals surface area contributed by atoms with Crippen molar-refractivity contribution in [3.8, 4) is 0 Å². The monoisotopic (exact) mass is 424 g/mol. The van der Waals surface area contributed by atoms with Crippen molar-refractivity contribution in [1.82, 2.24) is 0 Å². The number of aliphatic hydroxyl groups is 1. The number of nitrogens with zero attached hydrogens (tertiary/aromatic N) is 2. The van der Waals surface area contributed by atoms with Gasteiger partial charge in [-0.15, -0.1) is 0 Å². The molecule has 0 amide bonds. The standard InChI is InChI=1S/C19H21ClN2O5S/c1-28(26,27)17-4-2-3-16(18(17)22(24)25)21-11-9-14(10-12-21)19(23)13-5-7-15(20)8-6-13/h2-8,14,19,23H,9-12H2,1H3. The maximum atomic E-state index is 11.9. The molecule has 1 N–H and O–H groups in total. The summed E-state index contributed by atoms with van der Waals surface area (Å²) in [5, 5.41) is 22.8. The van der Waals surface area contributed by atoms with E-state index < -0.39 is 20.9 Å². The third-order valence-electron chi connectivity index (χ3n) is 5.10. The van der Waals surface area contributed by atoms with Crippen LogP contribution in [-0.2, 0) is 9.84 Å². The topological polar surface area (TPSA) is 101 Å². The molecular formula is C19H21ClN2O5S. The van der Waals surface area contributed by atoms with Gasteiger partial charge in [0.15, 0.2) is 9.84 Å². The minimum Gasteiger partial charge on any atom is -0.388 e. The Morgan fingerprint density at radius 2 is 1.79 bits per heavy atom. The molecule has 1 heterocycles. The molecule has 9 heteroatoms. The second-order valence-electron chi connectivity index (χ2n) is 6.97. The van der Waals surface area contributed by atoms with Crippen LogP contribution in [0.2, 0.25) is 5.02 Å². The van der Waals surface area contributed by atoms with Crippen LogP contribution in [0.25, 0.3) is 0 Å². The smallest absolute Gasteiger partial charge is 0.311 e. The fraction of sp³-hybridized carbons (Fsp3) is 0.368. The highest BCUT2D eigenvalue weighted by molar-refractivity contribution is 7.90. The summed E-state index contributed by atoms with van der Waals surface area (Å²) in [7, 11) is -3.72. The minimum atomic E-state index is -3.72. The quantitative estimate of drug-likeness (QED) is 0.581. The molecule has 1 fully saturated rings. The minimum absolute atomic E-state index is 0.00886. The number of hydrogen-bond donors (Lipinski definition) is 1. The van der Waals surface area contributed by atoms with Crippen LogP contribution in [0.15, 0.2) is 47.4 Å². The van der Waals surface area contributed by atoms with Crippen LogP contribution in [-0.4, -0.2) is 37.8 Å². The lowest BCUT2D eigenvalue weighted by molar-refractivity contribution is -0.387. The summed E-state index contributed by atoms with van der Waals surface area (Å²) in [6.07, 6.45) is 1.58. The molecule has 28 heavy (non-hydrogen) atoms. The molecule has 1 aliphatic heterocycles. The second-order valence-corrected chi connectivity index (χ2v) is 9.39. The Morgan fingerprint density at radius 1 is 1.18 bits per heavy atom. The number of sulfone groups is 1. The van der Waals surface area contributed by atoms with E-state index in [1.54, 1.807) is 30.3 Å². The fourth-order valence-electron chi connectivity index (χ4n) is 3.64. The molecule has 0 aromatic heterocycles. The molecule has 1 aliphatic rings. The summed E-state index contributed by atoms with van der Waals surface area (Å²) < 4.78 is 23.9. The van der Waals surface area contributed by atoms with Crippen molar-refractivity contribution in [1.29, 1.82) is 0 Å². The summed E-state index contributed by atoms with van der Waals surface area (Å²) >= 11 is 5.89. The van der Waals surface area contributed by atoms with E-state index in [4.69, 9.17) is 11.6 Å². The molecule has 0 bridgehead atoms. The number of aliphatic hydroxyl groups excluding tert-OH is 1. The van der Waals surface area contributed by atoms with Crippen LogP contribution in [0.5, 0.6) is 0 Å². The maximum absolute atomic E-state index is 11.9. The number of nitro groups is 1. The lowest BCUT2D eigenvalue weighted by Crippen LogP contribution is -2.36. The molecule has 7 nitrogen and oxygen atoms in total. The average molecular weight is 425 g/mol. The molecule has 1 saturated heterocycles. The fourth-order valence-corrected chi connectivity index (χ4v) is 4.62. The highest BCUT2D eigenvalue weighted by atomic mass is 35.5. The zero-order valence-corrected chi connectivity index (χ0v) is 16.9. The first-order valence-corrected chi connectivity index (χ1v) is 11.1. The van der Waals surface area contributed by atoms with E-state index in [0.29, 0.717) is 36.6 Å². The van der Waals surface area contributed by atoms with Crippen molar-refractivity contribution in [2.45, 2.75) is 23.8 Å². The van der Waals surface area contributed by atoms with E-state index in [1.807, 2.05) is 4.90 Å². The average Bonchev–Trinajstić information content (AvgIpc) is 2.67. The van der Waals surface area contributed by atoms with Crippen LogP contribution in [0.4, 0.5) is 11.4 Å². The number of anilines is 1. The number of piperidine rings is 1. The second kappa shape index (κ2) is 8.06. The highest BCUT2D eigenvalue weighted by Gasteiger charge is 2.32. The van der Waals surface area contributed by atoms with Gasteiger partial charge in [0.25, 0.3) is 0 Å². The van der Waals surface area contributed by atoms with Crippen molar-refractivity contribution >= 4 is 32.8 Å². The molecule has 0 aliphatic carbocycles. The molecule has 1 unspecified atom stereocenters. The molecule has 2 aromatic carbocycles. The van der Waals surface area contributed by atoms with Crippen LogP contribution >= 0.6 is 11.6 Å². The van der Waals surface area contributed by atoms with Gasteiger partial charge >= 0.3 is 5.69 Å². The SMILES string of the molecule is CS(=O)(=O)c1cccc(N2CCC(C(O)c3ccc(Cl)cc3)CC2)c1[N+](=O)[O-]. The summed E-state index contributed by atoms with van der Waals surface area (Å²) in [6.45, 7) is 0.979. The Morgan fingerprint density at radius 3 is 2.32 bits per heavy atom. The number of benzene rings is 2. The third kappa shape index (κ3) is 4.29. The van der Waals surface area contributed by atoms with E-state index >= 15 is 0 Å². The van der Waals surface area contributed by atoms with E-state index in [2.05, 4.69) is 0 Å². The predicted octanol–water partition coefficient (Wildman–Crippen LogP) is 3.60. The summed E-state index contributed by atoms with van der Waals surface area (Å²) in [5.74, 6) is 0.00886. The first kappa shape index (κ1) is 20.6. The van der Waals surface area contributed by atoms with Crippen molar-refractivity contribution in [2.24, 2.45) is 5.92 Å². The Hall–Kier alpha value is -2.16. The van der Waals surface area contributed by atoms with Gasteiger partial charge in [-0.2, -0.15) is 0 Å². The van der Waals surface area contributed by atoms with Gasteiger partial charge in [-0.25, -0.2) is 8.42 Å². The molecule has 0 saturated carbocycles. The van der Waals surface area contributed by atoms with Gasteiger partial charge in [-0.3, -0.25) is 10.1 Å². The van der Waals surface area contributed by atoms with Crippen molar-refractivity contribution in [2.75, 3.05) is 24.2 Å². The van der Waals surface area contributed by atoms with Gasteiger partial charge in [0.2, 0.25) is 0 Å². The Balaban J connectivity index is 1.80. The van der Waals surface area contributed by atoms with Gasteiger partial charge in [-0.05, 0) is 48.6 Å². The van der Waals surface area contributed by atoms with Crippen LogP contribution in [0, 0.1) is 16.0 Å². The van der Waals surface area contributed by atoms with Gasteiger partial charge in [-0.1, -0.05) is 29.8 Å². The number of nitro benzene ring substituents is 1. The van der Waals surface area contributed by atoms with Crippen molar-refractivity contribution < 1.29 is 18.4 Å². The third-order valence-corrected chi connectivity index (χ3v) is 6.48. The van der Waals surface area contributed by atoms with E-state index in [0.717, 1.165) is 11.8 Å². The maximum Gasteiger partial charge on any atom is 0.311 e. The van der Waals surface area contributed by atoms with Crippen LogP contribution < -0.4 is 4.90 Å². The lowest BCUT2D eigenvalue weighted by Gasteiger charge is -2.35. The molecule has 0 radical (unpaired) electrons. The summed E-state index contributed by atoms with van der Waals surface area (Å²) in [4.78, 5) is 12.5. The molecular weight excluding hydrogens is 404 g/mol. The van der Waals surface area contributed by atoms with Gasteiger partial charge in [0, 0.05) is 24.4 Å². The normalized spacial score (nSPS) is 16.8. The number of hydrogen-bond acceptors (Lipinski definition) is 6. The Labute approximate surface area is 168 Å². The first-order chi connectivity index (χ1) is 13.2. The van der Waals surface area contributed by atoms with Crippen LogP contribution in [0.1, 0.15) is 24.5 Å². The predicted molar refractivity (Wildman–Crippen MR) is 108 cm³/mol. The Bertz CT molecular complexity index is 970. The number of halogens is 1. The summed E-state index contributed by atoms with van der Waals surface area (Å²) in [5.41, 5.74) is 0.696. The molecule has 3 rings (SSSR count). The summed E-state index contributed by atoms with van der Waals surface area (Å²) in [6, 6.07) is 11.4. The van der Waals surface area contributed by atoms with Gasteiger partial charge in [0.05, 0.1) is 11.0 Å². The van der Waals surface area contributed by atoms with Crippen molar-refractivity contribution in [3.63, 3.8) is 0 Å².